The van der Waals surface area contributed by atoms with Crippen molar-refractivity contribution < 1.29 is 4.12 Å². The standard InChI is InChI=1S/C12H28Br2OSi2/c1-16(2,3)15-17(4,11-7-5-9-13)12-8-6-10-14/h5-12H2,1-4H3. The Morgan fingerprint density at radius 2 is 1.18 bits per heavy atom. The predicted molar refractivity (Wildman–Crippen MR) is 91.7 cm³/mol. The summed E-state index contributed by atoms with van der Waals surface area (Å²) in [5.74, 6) is 0. The fraction of sp³-hybridized carbons (Fsp3) is 1.00. The Labute approximate surface area is 127 Å². The second kappa shape index (κ2) is 9.29. The number of hydrogen-bond acceptors (Lipinski definition) is 1. The fourth-order valence-electron chi connectivity index (χ4n) is 2.15. The first-order chi connectivity index (χ1) is 7.83. The molecule has 0 unspecified atom stereocenters. The lowest BCUT2D eigenvalue weighted by Crippen LogP contribution is -2.44. The summed E-state index contributed by atoms with van der Waals surface area (Å²) in [5.41, 5.74) is 0. The molecule has 0 amide bonds. The molecule has 1 nitrogen and oxygen atoms in total. The van der Waals surface area contributed by atoms with Gasteiger partial charge in [0.25, 0.3) is 0 Å². The van der Waals surface area contributed by atoms with Crippen LogP contribution < -0.4 is 0 Å². The van der Waals surface area contributed by atoms with Crippen molar-refractivity contribution in [2.24, 2.45) is 0 Å². The maximum Gasteiger partial charge on any atom is 0.176 e. The van der Waals surface area contributed by atoms with Crippen molar-refractivity contribution in [1.29, 1.82) is 0 Å². The van der Waals surface area contributed by atoms with Gasteiger partial charge in [-0.25, -0.2) is 0 Å². The van der Waals surface area contributed by atoms with E-state index in [1.165, 1.54) is 37.8 Å². The number of halogens is 2. The Kier molecular flexibility index (Phi) is 10.0. The van der Waals surface area contributed by atoms with Gasteiger partial charge in [0.2, 0.25) is 0 Å². The summed E-state index contributed by atoms with van der Waals surface area (Å²) >= 11 is 7.04. The summed E-state index contributed by atoms with van der Waals surface area (Å²) in [4.78, 5) is 0. The Bertz CT molecular complexity index is 185. The minimum Gasteiger partial charge on any atom is -0.456 e. The van der Waals surface area contributed by atoms with Gasteiger partial charge in [-0.3, -0.25) is 0 Å². The van der Waals surface area contributed by atoms with E-state index in [2.05, 4.69) is 58.0 Å². The van der Waals surface area contributed by atoms with Crippen LogP contribution in [0, 0.1) is 0 Å². The summed E-state index contributed by atoms with van der Waals surface area (Å²) in [6, 6.07) is 2.68. The topological polar surface area (TPSA) is 9.23 Å². The van der Waals surface area contributed by atoms with Gasteiger partial charge in [-0.05, 0) is 51.1 Å². The van der Waals surface area contributed by atoms with Gasteiger partial charge in [0.1, 0.15) is 0 Å². The van der Waals surface area contributed by atoms with Gasteiger partial charge in [0.15, 0.2) is 16.6 Å². The third-order valence-electron chi connectivity index (χ3n) is 2.73. The quantitative estimate of drug-likeness (QED) is 0.255. The first-order valence-corrected chi connectivity index (χ1v) is 15.1. The lowest BCUT2D eigenvalue weighted by Gasteiger charge is -2.35. The zero-order valence-electron chi connectivity index (χ0n) is 11.8. The Morgan fingerprint density at radius 1 is 0.765 bits per heavy atom. The SMILES string of the molecule is C[Si](C)(C)O[Si](C)(CCCCBr)CCCCBr. The molecule has 0 aliphatic heterocycles. The summed E-state index contributed by atoms with van der Waals surface area (Å²) in [6.45, 7) is 9.43. The highest BCUT2D eigenvalue weighted by Gasteiger charge is 2.33. The fourth-order valence-corrected chi connectivity index (χ4v) is 11.9. The van der Waals surface area contributed by atoms with Crippen LogP contribution in [0.25, 0.3) is 0 Å². The maximum absolute atomic E-state index is 6.57. The molecule has 0 aliphatic rings. The van der Waals surface area contributed by atoms with E-state index in [9.17, 15) is 0 Å². The highest BCUT2D eigenvalue weighted by atomic mass is 79.9. The largest absolute Gasteiger partial charge is 0.456 e. The third kappa shape index (κ3) is 10.9. The molecular formula is C12H28Br2OSi2. The Morgan fingerprint density at radius 3 is 1.47 bits per heavy atom. The van der Waals surface area contributed by atoms with E-state index in [0.717, 1.165) is 10.7 Å². The van der Waals surface area contributed by atoms with E-state index in [0.29, 0.717) is 0 Å². The van der Waals surface area contributed by atoms with Gasteiger partial charge in [-0.1, -0.05) is 44.7 Å². The molecule has 0 spiro atoms. The van der Waals surface area contributed by atoms with Gasteiger partial charge in [-0.2, -0.15) is 0 Å². The molecule has 0 rings (SSSR count). The molecule has 5 heteroatoms. The zero-order valence-corrected chi connectivity index (χ0v) is 17.0. The molecular weight excluding hydrogens is 376 g/mol. The van der Waals surface area contributed by atoms with Crippen LogP contribution >= 0.6 is 31.9 Å². The van der Waals surface area contributed by atoms with Crippen LogP contribution in [0.2, 0.25) is 38.3 Å². The maximum atomic E-state index is 6.57. The highest BCUT2D eigenvalue weighted by molar-refractivity contribution is 9.09. The summed E-state index contributed by atoms with van der Waals surface area (Å²) in [6.07, 6.45) is 5.23. The lowest BCUT2D eigenvalue weighted by atomic mass is 10.4. The first kappa shape index (κ1) is 18.4. The van der Waals surface area contributed by atoms with Gasteiger partial charge < -0.3 is 4.12 Å². The van der Waals surface area contributed by atoms with Crippen LogP contribution in [0.3, 0.4) is 0 Å². The summed E-state index contributed by atoms with van der Waals surface area (Å²) in [5, 5.41) is 2.26. The van der Waals surface area contributed by atoms with E-state index in [1.54, 1.807) is 0 Å². The summed E-state index contributed by atoms with van der Waals surface area (Å²) < 4.78 is 6.57. The summed E-state index contributed by atoms with van der Waals surface area (Å²) in [7, 11) is -2.81. The van der Waals surface area contributed by atoms with Crippen LogP contribution in [0.1, 0.15) is 25.7 Å². The molecule has 0 N–H and O–H groups in total. The lowest BCUT2D eigenvalue weighted by molar-refractivity contribution is 0.527. The molecule has 0 heterocycles. The molecule has 0 atom stereocenters. The molecule has 17 heavy (non-hydrogen) atoms. The first-order valence-electron chi connectivity index (χ1n) is 6.65. The molecule has 0 saturated heterocycles. The second-order valence-electron chi connectivity index (χ2n) is 5.96. The normalized spacial score (nSPS) is 13.1. The van der Waals surface area contributed by atoms with E-state index in [1.807, 2.05) is 0 Å². The van der Waals surface area contributed by atoms with Crippen molar-refractivity contribution >= 4 is 48.5 Å². The predicted octanol–water partition coefficient (Wildman–Crippen LogP) is 5.76. The minimum absolute atomic E-state index is 1.13. The van der Waals surface area contributed by atoms with Gasteiger partial charge in [0, 0.05) is 10.7 Å². The molecule has 0 radical (unpaired) electrons. The highest BCUT2D eigenvalue weighted by Crippen LogP contribution is 2.27. The monoisotopic (exact) mass is 402 g/mol. The second-order valence-corrected chi connectivity index (χ2v) is 16.5. The number of rotatable bonds is 10. The molecule has 0 bridgehead atoms. The van der Waals surface area contributed by atoms with Gasteiger partial charge >= 0.3 is 0 Å². The smallest absolute Gasteiger partial charge is 0.176 e. The van der Waals surface area contributed by atoms with Crippen molar-refractivity contribution in [2.45, 2.75) is 64.0 Å². The number of alkyl halides is 2. The molecule has 0 aromatic heterocycles. The van der Waals surface area contributed by atoms with Crippen LogP contribution in [-0.4, -0.2) is 27.3 Å². The van der Waals surface area contributed by atoms with Crippen molar-refractivity contribution in [3.05, 3.63) is 0 Å². The minimum atomic E-state index is -1.44. The molecule has 104 valence electrons. The van der Waals surface area contributed by atoms with E-state index < -0.39 is 16.6 Å². The van der Waals surface area contributed by atoms with Crippen molar-refractivity contribution in [3.63, 3.8) is 0 Å². The Balaban J connectivity index is 4.24. The molecule has 0 saturated carbocycles. The van der Waals surface area contributed by atoms with Crippen LogP contribution in [0.5, 0.6) is 0 Å². The Hall–Kier alpha value is 1.35. The van der Waals surface area contributed by atoms with Crippen LogP contribution in [0.4, 0.5) is 0 Å². The van der Waals surface area contributed by atoms with Crippen LogP contribution in [-0.2, 0) is 4.12 Å². The molecule has 0 fully saturated rings. The van der Waals surface area contributed by atoms with Crippen molar-refractivity contribution in [3.8, 4) is 0 Å². The molecule has 0 aliphatic carbocycles. The molecule has 0 aromatic rings. The average Bonchev–Trinajstić information content (AvgIpc) is 2.15. The molecule has 0 aromatic carbocycles. The van der Waals surface area contributed by atoms with E-state index >= 15 is 0 Å². The number of hydrogen-bond donors (Lipinski definition) is 0. The van der Waals surface area contributed by atoms with Gasteiger partial charge in [-0.15, -0.1) is 0 Å². The van der Waals surface area contributed by atoms with E-state index in [-0.39, 0.29) is 0 Å². The van der Waals surface area contributed by atoms with E-state index in [4.69, 9.17) is 4.12 Å². The average molecular weight is 404 g/mol. The van der Waals surface area contributed by atoms with Gasteiger partial charge in [0.05, 0.1) is 0 Å². The number of unbranched alkanes of at least 4 members (excludes halogenated alkanes) is 2. The van der Waals surface area contributed by atoms with Crippen molar-refractivity contribution in [1.82, 2.24) is 0 Å². The van der Waals surface area contributed by atoms with Crippen LogP contribution in [0.15, 0.2) is 0 Å². The van der Waals surface area contributed by atoms with Crippen molar-refractivity contribution in [2.75, 3.05) is 10.7 Å². The third-order valence-corrected chi connectivity index (χ3v) is 11.1. The zero-order chi connectivity index (χ0) is 13.4.